The molecule has 1 nitrogen and oxygen atoms in total. The molecule has 0 amide bonds. The smallest absolute Gasteiger partial charge is 0.123 e. The zero-order valence-electron chi connectivity index (χ0n) is 14.6. The number of hydrogen-bond donors (Lipinski definition) is 0. The lowest BCUT2D eigenvalue weighted by Gasteiger charge is -2.08. The van der Waals surface area contributed by atoms with Crippen LogP contribution in [-0.2, 0) is 0 Å². The van der Waals surface area contributed by atoms with Crippen molar-refractivity contribution in [3.63, 3.8) is 0 Å². The van der Waals surface area contributed by atoms with Crippen molar-refractivity contribution in [3.05, 3.63) is 101 Å². The number of rotatable bonds is 5. The van der Waals surface area contributed by atoms with Crippen molar-refractivity contribution in [1.82, 2.24) is 0 Å². The van der Waals surface area contributed by atoms with Gasteiger partial charge in [0.1, 0.15) is 16.7 Å². The summed E-state index contributed by atoms with van der Waals surface area (Å²) < 4.78 is 26.2. The second kappa shape index (κ2) is 9.53. The lowest BCUT2D eigenvalue weighted by atomic mass is 10.3. The minimum absolute atomic E-state index is 0.252. The van der Waals surface area contributed by atoms with E-state index in [2.05, 4.69) is 0 Å². The first-order chi connectivity index (χ1) is 13.1. The van der Waals surface area contributed by atoms with Gasteiger partial charge < -0.3 is 0 Å². The van der Waals surface area contributed by atoms with E-state index in [1.807, 2.05) is 42.7 Å². The van der Waals surface area contributed by atoms with Crippen LogP contribution in [0.2, 0.25) is 0 Å². The van der Waals surface area contributed by atoms with Crippen molar-refractivity contribution >= 4 is 34.3 Å². The lowest BCUT2D eigenvalue weighted by Crippen LogP contribution is -1.94. The van der Waals surface area contributed by atoms with Crippen molar-refractivity contribution in [2.24, 2.45) is 4.99 Å². The second-order valence-electron chi connectivity index (χ2n) is 5.68. The van der Waals surface area contributed by atoms with E-state index in [4.69, 9.17) is 4.99 Å². The van der Waals surface area contributed by atoms with E-state index in [1.54, 1.807) is 24.3 Å². The van der Waals surface area contributed by atoms with E-state index in [-0.39, 0.29) is 11.6 Å². The summed E-state index contributed by atoms with van der Waals surface area (Å²) in [5.41, 5.74) is 1.82. The molecule has 27 heavy (non-hydrogen) atoms. The Morgan fingerprint density at radius 3 is 1.93 bits per heavy atom. The topological polar surface area (TPSA) is 12.4 Å². The van der Waals surface area contributed by atoms with Crippen molar-refractivity contribution in [2.75, 3.05) is 0 Å². The minimum Gasteiger partial charge on any atom is -0.241 e. The van der Waals surface area contributed by atoms with Crippen LogP contribution in [0.25, 0.3) is 0 Å². The van der Waals surface area contributed by atoms with Gasteiger partial charge in [0.05, 0.1) is 5.69 Å². The fourth-order valence-electron chi connectivity index (χ4n) is 2.15. The molecule has 0 saturated heterocycles. The molecule has 0 spiro atoms. The highest BCUT2D eigenvalue weighted by atomic mass is 32.2. The third kappa shape index (κ3) is 6.08. The van der Waals surface area contributed by atoms with Gasteiger partial charge in [0, 0.05) is 9.79 Å². The summed E-state index contributed by atoms with van der Waals surface area (Å²) in [5.74, 6) is -0.515. The van der Waals surface area contributed by atoms with Gasteiger partial charge in [0.25, 0.3) is 0 Å². The highest BCUT2D eigenvalue weighted by Gasteiger charge is 2.07. The van der Waals surface area contributed by atoms with Crippen molar-refractivity contribution in [1.29, 1.82) is 0 Å². The summed E-state index contributed by atoms with van der Waals surface area (Å²) in [7, 11) is 0. The van der Waals surface area contributed by atoms with Crippen LogP contribution in [0.4, 0.5) is 14.5 Å². The molecule has 0 unspecified atom stereocenters. The van der Waals surface area contributed by atoms with Gasteiger partial charge in [0.2, 0.25) is 0 Å². The Morgan fingerprint density at radius 2 is 1.33 bits per heavy atom. The van der Waals surface area contributed by atoms with E-state index >= 15 is 0 Å². The molecular formula is C22H17F2NS2. The average Bonchev–Trinajstić information content (AvgIpc) is 2.69. The molecule has 136 valence electrons. The number of thioether (sulfide) groups is 2. The average molecular weight is 398 g/mol. The molecule has 0 atom stereocenters. The molecule has 0 saturated carbocycles. The van der Waals surface area contributed by atoms with E-state index in [0.717, 1.165) is 26.1 Å². The first-order valence-corrected chi connectivity index (χ1v) is 9.96. The number of benzene rings is 3. The van der Waals surface area contributed by atoms with Crippen molar-refractivity contribution < 1.29 is 8.78 Å². The Hall–Kier alpha value is -2.37. The van der Waals surface area contributed by atoms with E-state index in [9.17, 15) is 8.78 Å². The Labute approximate surface area is 166 Å². The molecule has 0 aromatic heterocycles. The third-order valence-corrected chi connectivity index (χ3v) is 5.67. The summed E-state index contributed by atoms with van der Waals surface area (Å²) in [6.45, 7) is 1.98. The Morgan fingerprint density at radius 1 is 0.778 bits per heavy atom. The SMILES string of the molecule is C/C(=C\Sc1ccc(F)cc1)C(=Nc1ccccc1)Sc1ccc(F)cc1. The standard InChI is InChI=1S/C22H17F2NS2/c1-16(15-26-20-11-7-17(23)8-12-20)22(25-19-5-3-2-4-6-19)27-21-13-9-18(24)10-14-21/h2-15H,1H3/b16-15+,25-22?. The first-order valence-electron chi connectivity index (χ1n) is 8.27. The molecule has 0 bridgehead atoms. The third-order valence-electron chi connectivity index (χ3n) is 3.54. The van der Waals surface area contributed by atoms with Crippen LogP contribution in [0.1, 0.15) is 6.92 Å². The maximum absolute atomic E-state index is 13.2. The maximum atomic E-state index is 13.2. The highest BCUT2D eigenvalue weighted by Crippen LogP contribution is 2.29. The Bertz CT molecular complexity index is 934. The molecule has 3 rings (SSSR count). The normalized spacial score (nSPS) is 12.3. The number of aliphatic imine (C=N–C) groups is 1. The van der Waals surface area contributed by atoms with Crippen LogP contribution in [0, 0.1) is 11.6 Å². The van der Waals surface area contributed by atoms with Crippen LogP contribution in [-0.4, -0.2) is 5.04 Å². The molecule has 0 fully saturated rings. The van der Waals surface area contributed by atoms with Gasteiger partial charge in [0.15, 0.2) is 0 Å². The zero-order chi connectivity index (χ0) is 19.1. The van der Waals surface area contributed by atoms with E-state index < -0.39 is 0 Å². The first kappa shape index (κ1) is 19.4. The fraction of sp³-hybridized carbons (Fsp3) is 0.0455. The van der Waals surface area contributed by atoms with Crippen LogP contribution in [0.15, 0.2) is 105 Å². The van der Waals surface area contributed by atoms with Gasteiger partial charge >= 0.3 is 0 Å². The predicted octanol–water partition coefficient (Wildman–Crippen LogP) is 7.48. The van der Waals surface area contributed by atoms with Gasteiger partial charge in [-0.3, -0.25) is 0 Å². The van der Waals surface area contributed by atoms with Gasteiger partial charge in [-0.1, -0.05) is 41.7 Å². The number of hydrogen-bond acceptors (Lipinski definition) is 3. The molecule has 0 radical (unpaired) electrons. The zero-order valence-corrected chi connectivity index (χ0v) is 16.2. The minimum atomic E-state index is -0.264. The lowest BCUT2D eigenvalue weighted by molar-refractivity contribution is 0.626. The predicted molar refractivity (Wildman–Crippen MR) is 112 cm³/mol. The fourth-order valence-corrected chi connectivity index (χ4v) is 3.80. The monoisotopic (exact) mass is 397 g/mol. The van der Waals surface area contributed by atoms with Crippen molar-refractivity contribution in [3.8, 4) is 0 Å². The van der Waals surface area contributed by atoms with Crippen LogP contribution in [0.5, 0.6) is 0 Å². The van der Waals surface area contributed by atoms with Crippen molar-refractivity contribution in [2.45, 2.75) is 16.7 Å². The summed E-state index contributed by atoms with van der Waals surface area (Å²) in [6.07, 6.45) is 0. The highest BCUT2D eigenvalue weighted by molar-refractivity contribution is 8.14. The summed E-state index contributed by atoms with van der Waals surface area (Å²) >= 11 is 2.99. The van der Waals surface area contributed by atoms with Crippen LogP contribution < -0.4 is 0 Å². The summed E-state index contributed by atoms with van der Waals surface area (Å²) in [4.78, 5) is 6.60. The quantitative estimate of drug-likeness (QED) is 0.251. The van der Waals surface area contributed by atoms with E-state index in [0.29, 0.717) is 0 Å². The molecule has 0 aliphatic carbocycles. The molecular weight excluding hydrogens is 380 g/mol. The Kier molecular flexibility index (Phi) is 6.85. The molecule has 5 heteroatoms. The molecule has 0 N–H and O–H groups in total. The molecule has 3 aromatic carbocycles. The van der Waals surface area contributed by atoms with E-state index in [1.165, 1.54) is 47.8 Å². The molecule has 0 aliphatic heterocycles. The van der Waals surface area contributed by atoms with Gasteiger partial charge in [-0.15, -0.1) is 0 Å². The maximum Gasteiger partial charge on any atom is 0.123 e. The number of nitrogens with zero attached hydrogens (tertiary/aromatic N) is 1. The van der Waals surface area contributed by atoms with Gasteiger partial charge in [-0.2, -0.15) is 0 Å². The van der Waals surface area contributed by atoms with Gasteiger partial charge in [-0.05, 0) is 78.6 Å². The largest absolute Gasteiger partial charge is 0.241 e. The molecule has 3 aromatic rings. The molecule has 0 aliphatic rings. The van der Waals surface area contributed by atoms with Crippen LogP contribution in [0.3, 0.4) is 0 Å². The summed E-state index contributed by atoms with van der Waals surface area (Å²) in [6, 6.07) is 22.4. The Balaban J connectivity index is 1.85. The summed E-state index contributed by atoms with van der Waals surface area (Å²) in [5, 5.41) is 2.81. The van der Waals surface area contributed by atoms with Gasteiger partial charge in [-0.25, -0.2) is 13.8 Å². The second-order valence-corrected chi connectivity index (χ2v) is 7.69. The van der Waals surface area contributed by atoms with Crippen LogP contribution >= 0.6 is 23.5 Å². The molecule has 0 heterocycles. The number of para-hydroxylation sites is 1. The number of halogens is 2.